The van der Waals surface area contributed by atoms with Crippen LogP contribution < -0.4 is 11.1 Å². The van der Waals surface area contributed by atoms with Gasteiger partial charge in [-0.2, -0.15) is 0 Å². The smallest absolute Gasteiger partial charge is 0.329 e. The fourth-order valence-corrected chi connectivity index (χ4v) is 7.85. The molecule has 184 valence electrons. The Morgan fingerprint density at radius 1 is 1.15 bits per heavy atom. The Labute approximate surface area is 202 Å². The van der Waals surface area contributed by atoms with Gasteiger partial charge in [0.2, 0.25) is 5.91 Å². The number of rotatable bonds is 6. The largest absolute Gasteiger partial charge is 0.451 e. The molecule has 2 unspecified atom stereocenters. The Balaban J connectivity index is 1.25. The maximum Gasteiger partial charge on any atom is 0.329 e. The van der Waals surface area contributed by atoms with Gasteiger partial charge in [-0.15, -0.1) is 11.3 Å². The fourth-order valence-electron chi connectivity index (χ4n) is 7.06. The Hall–Kier alpha value is -2.46. The number of nitrogens with two attached hydrogens (primary N) is 1. The Morgan fingerprint density at radius 2 is 1.76 bits per heavy atom. The van der Waals surface area contributed by atoms with E-state index in [1.807, 2.05) is 0 Å². The molecule has 1 aromatic rings. The average Bonchev–Trinajstić information content (AvgIpc) is 3.38. The molecule has 3 amide bonds. The van der Waals surface area contributed by atoms with E-state index >= 15 is 0 Å². The van der Waals surface area contributed by atoms with Crippen LogP contribution in [0.5, 0.6) is 0 Å². The lowest BCUT2D eigenvalue weighted by molar-refractivity contribution is -0.168. The summed E-state index contributed by atoms with van der Waals surface area (Å²) in [5.41, 5.74) is 5.07. The molecule has 3 atom stereocenters. The van der Waals surface area contributed by atoms with E-state index < -0.39 is 41.4 Å². The monoisotopic (exact) mass is 489 g/mol. The Bertz CT molecular complexity index is 987. The number of nitrogens with one attached hydrogen (secondary N) is 1. The third-order valence-electron chi connectivity index (χ3n) is 8.13. The van der Waals surface area contributed by atoms with Crippen molar-refractivity contribution in [2.24, 2.45) is 28.9 Å². The molecule has 4 saturated carbocycles. The molecule has 1 saturated heterocycles. The van der Waals surface area contributed by atoms with Gasteiger partial charge in [0.05, 0.1) is 17.1 Å². The van der Waals surface area contributed by atoms with E-state index in [9.17, 15) is 24.3 Å². The maximum atomic E-state index is 13.8. The van der Waals surface area contributed by atoms with Crippen LogP contribution in [0, 0.1) is 23.2 Å². The molecule has 0 aromatic carbocycles. The molecule has 5 fully saturated rings. The number of likely N-dealkylation sites (tertiary alicyclic amines) is 1. The Kier molecular flexibility index (Phi) is 5.92. The molecule has 34 heavy (non-hydrogen) atoms. The number of hydrogen-bond donors (Lipinski definition) is 3. The summed E-state index contributed by atoms with van der Waals surface area (Å²) in [6, 6.07) is 0.598. The van der Waals surface area contributed by atoms with Gasteiger partial charge in [0.1, 0.15) is 11.0 Å². The van der Waals surface area contributed by atoms with E-state index in [-0.39, 0.29) is 29.4 Å². The summed E-state index contributed by atoms with van der Waals surface area (Å²) >= 11 is 1.14. The first-order valence-electron chi connectivity index (χ1n) is 12.0. The lowest BCUT2D eigenvalue weighted by atomic mass is 9.49. The lowest BCUT2D eigenvalue weighted by Gasteiger charge is -2.56. The number of primary amides is 1. The van der Waals surface area contributed by atoms with E-state index in [0.29, 0.717) is 17.8 Å². The van der Waals surface area contributed by atoms with Crippen LogP contribution in [0.4, 0.5) is 5.00 Å². The molecular formula is C24H31N3O6S. The Morgan fingerprint density at radius 3 is 2.35 bits per heavy atom. The van der Waals surface area contributed by atoms with Gasteiger partial charge in [0, 0.05) is 13.0 Å². The van der Waals surface area contributed by atoms with Crippen LogP contribution >= 0.6 is 11.3 Å². The van der Waals surface area contributed by atoms with Crippen molar-refractivity contribution >= 4 is 40.0 Å². The number of aliphatic hydroxyl groups excluding tert-OH is 1. The van der Waals surface area contributed by atoms with Gasteiger partial charge in [-0.1, -0.05) is 0 Å². The topological polar surface area (TPSA) is 139 Å². The van der Waals surface area contributed by atoms with E-state index in [4.69, 9.17) is 10.5 Å². The number of hydrogen-bond acceptors (Lipinski definition) is 7. The van der Waals surface area contributed by atoms with Crippen LogP contribution in [0.25, 0.3) is 0 Å². The highest BCUT2D eigenvalue weighted by molar-refractivity contribution is 7.14. The molecule has 6 rings (SSSR count). The van der Waals surface area contributed by atoms with Gasteiger partial charge >= 0.3 is 5.97 Å². The molecule has 0 radical (unpaired) electrons. The second kappa shape index (κ2) is 8.64. The van der Waals surface area contributed by atoms with Crippen molar-refractivity contribution in [1.82, 2.24) is 4.90 Å². The number of β-amino-alcohol motifs (C(OH)–C–C–N with tert-alkyl or cyclic N) is 1. The molecule has 1 aromatic heterocycles. The molecule has 0 spiro atoms. The van der Waals surface area contributed by atoms with E-state index in [1.54, 1.807) is 5.38 Å². The summed E-state index contributed by atoms with van der Waals surface area (Å²) in [4.78, 5) is 52.4. The average molecular weight is 490 g/mol. The SMILES string of the molecule is CC(OC(=O)[C@@H]1CC(O)CN1C(=O)C12CC3CC(CC(C3)C1)C2)C(=O)Nc1sccc1C(N)=O. The normalized spacial score (nSPS) is 34.6. The molecule has 9 nitrogen and oxygen atoms in total. The number of aliphatic hydroxyl groups is 1. The standard InChI is InChI=1S/C24H31N3O6S/c1-12(20(30)26-21-17(19(25)29)2-3-34-21)33-22(31)18-7-16(28)11-27(18)23(32)24-8-13-4-14(9-24)6-15(5-13)10-24/h2-3,12-16,18,28H,4-11H2,1H3,(H2,25,29)(H,26,30)/t12?,13?,14?,15?,16?,18-,24?/m0/s1. The highest BCUT2D eigenvalue weighted by Crippen LogP contribution is 2.60. The van der Waals surface area contributed by atoms with E-state index in [2.05, 4.69) is 5.32 Å². The zero-order valence-corrected chi connectivity index (χ0v) is 20.0. The molecule has 1 aliphatic heterocycles. The van der Waals surface area contributed by atoms with Crippen molar-refractivity contribution in [3.63, 3.8) is 0 Å². The van der Waals surface area contributed by atoms with Gasteiger partial charge < -0.3 is 25.8 Å². The van der Waals surface area contributed by atoms with Gasteiger partial charge in [-0.25, -0.2) is 4.79 Å². The van der Waals surface area contributed by atoms with E-state index in [0.717, 1.165) is 30.6 Å². The van der Waals surface area contributed by atoms with Crippen LogP contribution in [-0.2, 0) is 19.1 Å². The van der Waals surface area contributed by atoms with Crippen molar-refractivity contribution in [3.8, 4) is 0 Å². The molecule has 5 aliphatic rings. The lowest BCUT2D eigenvalue weighted by Crippen LogP contribution is -2.56. The van der Waals surface area contributed by atoms with Crippen molar-refractivity contribution in [1.29, 1.82) is 0 Å². The van der Waals surface area contributed by atoms with Gasteiger partial charge in [0.25, 0.3) is 11.8 Å². The number of thiophene rings is 1. The number of carbonyl (C=O) groups is 4. The van der Waals surface area contributed by atoms with Crippen LogP contribution in [0.3, 0.4) is 0 Å². The molecule has 4 N–H and O–H groups in total. The number of nitrogens with zero attached hydrogens (tertiary/aromatic N) is 1. The van der Waals surface area contributed by atoms with Gasteiger partial charge in [-0.3, -0.25) is 14.4 Å². The molecule has 4 bridgehead atoms. The van der Waals surface area contributed by atoms with Crippen molar-refractivity contribution in [3.05, 3.63) is 17.0 Å². The molecule has 10 heteroatoms. The summed E-state index contributed by atoms with van der Waals surface area (Å²) in [5.74, 6) is -0.251. The minimum atomic E-state index is -1.15. The summed E-state index contributed by atoms with van der Waals surface area (Å²) < 4.78 is 5.43. The number of amides is 3. The van der Waals surface area contributed by atoms with E-state index in [1.165, 1.54) is 37.2 Å². The maximum absolute atomic E-state index is 13.8. The third-order valence-corrected chi connectivity index (χ3v) is 8.96. The van der Waals surface area contributed by atoms with Gasteiger partial charge in [0.15, 0.2) is 6.10 Å². The second-order valence-electron chi connectivity index (χ2n) is 10.7. The molecule has 2 heterocycles. The predicted octanol–water partition coefficient (Wildman–Crippen LogP) is 1.90. The summed E-state index contributed by atoms with van der Waals surface area (Å²) in [7, 11) is 0. The summed E-state index contributed by atoms with van der Waals surface area (Å²) in [6.07, 6.45) is 4.37. The second-order valence-corrected chi connectivity index (χ2v) is 11.6. The first-order chi connectivity index (χ1) is 16.1. The summed E-state index contributed by atoms with van der Waals surface area (Å²) in [5, 5.41) is 14.8. The summed E-state index contributed by atoms with van der Waals surface area (Å²) in [6.45, 7) is 1.54. The van der Waals surface area contributed by atoms with Crippen molar-refractivity contribution in [2.45, 2.75) is 70.1 Å². The minimum absolute atomic E-state index is 0.0353. The van der Waals surface area contributed by atoms with Crippen molar-refractivity contribution < 1.29 is 29.0 Å². The van der Waals surface area contributed by atoms with Crippen LogP contribution in [0.15, 0.2) is 11.4 Å². The first-order valence-corrected chi connectivity index (χ1v) is 12.9. The van der Waals surface area contributed by atoms with Crippen LogP contribution in [0.2, 0.25) is 0 Å². The minimum Gasteiger partial charge on any atom is -0.451 e. The zero-order valence-electron chi connectivity index (χ0n) is 19.2. The quantitative estimate of drug-likeness (QED) is 0.522. The molecule has 4 aliphatic carbocycles. The highest BCUT2D eigenvalue weighted by Gasteiger charge is 2.57. The third kappa shape index (κ3) is 4.11. The number of carbonyl (C=O) groups excluding carboxylic acids is 4. The number of esters is 1. The number of anilines is 1. The number of ether oxygens (including phenoxy) is 1. The predicted molar refractivity (Wildman–Crippen MR) is 124 cm³/mol. The van der Waals surface area contributed by atoms with Crippen LogP contribution in [0.1, 0.15) is 62.2 Å². The highest BCUT2D eigenvalue weighted by atomic mass is 32.1. The zero-order chi connectivity index (χ0) is 24.2. The molecular weight excluding hydrogens is 458 g/mol. The van der Waals surface area contributed by atoms with Crippen molar-refractivity contribution in [2.75, 3.05) is 11.9 Å². The first kappa shape index (κ1) is 23.3. The fraction of sp³-hybridized carbons (Fsp3) is 0.667. The van der Waals surface area contributed by atoms with Gasteiger partial charge in [-0.05, 0) is 74.6 Å². The van der Waals surface area contributed by atoms with Crippen LogP contribution in [-0.4, -0.2) is 58.5 Å².